The third kappa shape index (κ3) is 3.22. The molecule has 0 aliphatic heterocycles. The first-order chi connectivity index (χ1) is 8.10. The molecule has 1 aromatic rings. The van der Waals surface area contributed by atoms with Crippen LogP contribution < -0.4 is 10.1 Å². The summed E-state index contributed by atoms with van der Waals surface area (Å²) in [5.74, 6) is -0.797. The summed E-state index contributed by atoms with van der Waals surface area (Å²) in [4.78, 5) is 11.1. The number of aromatic hydroxyl groups is 1. The second kappa shape index (κ2) is 5.91. The minimum Gasteiger partial charge on any atom is -0.504 e. The number of carbonyl (C=O) groups is 1. The molecule has 0 aromatic heterocycles. The van der Waals surface area contributed by atoms with E-state index in [9.17, 15) is 9.90 Å². The number of hydrogen-bond acceptors (Lipinski definition) is 4. The summed E-state index contributed by atoms with van der Waals surface area (Å²) >= 11 is 0. The van der Waals surface area contributed by atoms with Crippen molar-refractivity contribution in [3.63, 3.8) is 0 Å². The molecule has 5 heteroatoms. The van der Waals surface area contributed by atoms with Gasteiger partial charge in [-0.05, 0) is 17.7 Å². The molecule has 0 saturated carbocycles. The van der Waals surface area contributed by atoms with Gasteiger partial charge in [-0.3, -0.25) is 10.1 Å². The van der Waals surface area contributed by atoms with Crippen LogP contribution in [-0.4, -0.2) is 29.8 Å². The topological polar surface area (TPSA) is 78.8 Å². The lowest BCUT2D eigenvalue weighted by atomic mass is 10.1. The van der Waals surface area contributed by atoms with Crippen LogP contribution in [0.3, 0.4) is 0 Å². The first-order valence-corrected chi connectivity index (χ1v) is 5.04. The number of rotatable bonds is 6. The average molecular weight is 237 g/mol. The Morgan fingerprint density at radius 1 is 1.65 bits per heavy atom. The average Bonchev–Trinajstić information content (AvgIpc) is 2.29. The van der Waals surface area contributed by atoms with E-state index in [1.165, 1.54) is 19.2 Å². The van der Waals surface area contributed by atoms with Gasteiger partial charge in [-0.25, -0.2) is 0 Å². The van der Waals surface area contributed by atoms with Gasteiger partial charge in [0.1, 0.15) is 6.04 Å². The molecule has 1 aromatic carbocycles. The standard InChI is InChI=1S/C12H15NO4/c1-3-6-13-11(12(15)16)8-4-5-10(17-2)9(14)7-8/h3-5,7,11,13-14H,1,6H2,2H3,(H,15,16). The molecule has 17 heavy (non-hydrogen) atoms. The Bertz CT molecular complexity index is 417. The Morgan fingerprint density at radius 2 is 2.35 bits per heavy atom. The van der Waals surface area contributed by atoms with Gasteiger partial charge in [-0.2, -0.15) is 0 Å². The molecule has 3 N–H and O–H groups in total. The van der Waals surface area contributed by atoms with Crippen molar-refractivity contribution in [1.29, 1.82) is 0 Å². The lowest BCUT2D eigenvalue weighted by Crippen LogP contribution is -2.28. The van der Waals surface area contributed by atoms with Crippen molar-refractivity contribution in [3.8, 4) is 11.5 Å². The normalized spacial score (nSPS) is 11.8. The van der Waals surface area contributed by atoms with Crippen molar-refractivity contribution in [2.24, 2.45) is 0 Å². The molecule has 0 amide bonds. The van der Waals surface area contributed by atoms with Crippen molar-refractivity contribution in [3.05, 3.63) is 36.4 Å². The molecular formula is C12H15NO4. The second-order valence-corrected chi connectivity index (χ2v) is 3.40. The zero-order valence-corrected chi connectivity index (χ0v) is 9.51. The van der Waals surface area contributed by atoms with E-state index in [4.69, 9.17) is 9.84 Å². The molecule has 0 aliphatic carbocycles. The van der Waals surface area contributed by atoms with Crippen molar-refractivity contribution < 1.29 is 19.7 Å². The number of phenols is 1. The van der Waals surface area contributed by atoms with Crippen LogP contribution in [0, 0.1) is 0 Å². The highest BCUT2D eigenvalue weighted by molar-refractivity contribution is 5.76. The van der Waals surface area contributed by atoms with Crippen molar-refractivity contribution in [1.82, 2.24) is 5.32 Å². The molecule has 0 radical (unpaired) electrons. The molecule has 0 bridgehead atoms. The molecule has 0 saturated heterocycles. The van der Waals surface area contributed by atoms with E-state index in [1.807, 2.05) is 0 Å². The molecule has 1 rings (SSSR count). The molecule has 0 spiro atoms. The van der Waals surface area contributed by atoms with Crippen LogP contribution in [0.2, 0.25) is 0 Å². The van der Waals surface area contributed by atoms with E-state index >= 15 is 0 Å². The van der Waals surface area contributed by atoms with Crippen LogP contribution in [0.1, 0.15) is 11.6 Å². The smallest absolute Gasteiger partial charge is 0.325 e. The fourth-order valence-corrected chi connectivity index (χ4v) is 1.44. The first kappa shape index (κ1) is 13.1. The van der Waals surface area contributed by atoms with Gasteiger partial charge in [0.25, 0.3) is 0 Å². The molecule has 0 heterocycles. The summed E-state index contributed by atoms with van der Waals surface area (Å²) in [6.45, 7) is 3.87. The number of methoxy groups -OCH3 is 1. The maximum absolute atomic E-state index is 11.1. The number of ether oxygens (including phenoxy) is 1. The van der Waals surface area contributed by atoms with Gasteiger partial charge in [-0.15, -0.1) is 6.58 Å². The van der Waals surface area contributed by atoms with Crippen LogP contribution >= 0.6 is 0 Å². The highest BCUT2D eigenvalue weighted by atomic mass is 16.5. The Kier molecular flexibility index (Phi) is 4.54. The summed E-state index contributed by atoms with van der Waals surface area (Å²) in [6.07, 6.45) is 1.57. The molecule has 92 valence electrons. The Labute approximate surface area is 99.3 Å². The number of carboxylic acid groups (broad SMARTS) is 1. The Hall–Kier alpha value is -2.01. The van der Waals surface area contributed by atoms with Gasteiger partial charge >= 0.3 is 5.97 Å². The monoisotopic (exact) mass is 237 g/mol. The second-order valence-electron chi connectivity index (χ2n) is 3.40. The SMILES string of the molecule is C=CCNC(C(=O)O)c1ccc(OC)c(O)c1. The van der Waals surface area contributed by atoms with Crippen LogP contribution in [-0.2, 0) is 4.79 Å². The fraction of sp³-hybridized carbons (Fsp3) is 0.250. The summed E-state index contributed by atoms with van der Waals surface area (Å²) < 4.78 is 4.89. The van der Waals surface area contributed by atoms with E-state index < -0.39 is 12.0 Å². The van der Waals surface area contributed by atoms with Crippen LogP contribution in [0.15, 0.2) is 30.9 Å². The quantitative estimate of drug-likeness (QED) is 0.650. The molecular weight excluding hydrogens is 222 g/mol. The summed E-state index contributed by atoms with van der Waals surface area (Å²) in [5, 5.41) is 21.4. The fourth-order valence-electron chi connectivity index (χ4n) is 1.44. The maximum atomic E-state index is 11.1. The Balaban J connectivity index is 2.98. The minimum atomic E-state index is -1.02. The number of benzene rings is 1. The lowest BCUT2D eigenvalue weighted by Gasteiger charge is -2.14. The third-order valence-electron chi connectivity index (χ3n) is 2.25. The van der Waals surface area contributed by atoms with Crippen LogP contribution in [0.25, 0.3) is 0 Å². The molecule has 1 atom stereocenters. The highest BCUT2D eigenvalue weighted by Crippen LogP contribution is 2.28. The van der Waals surface area contributed by atoms with Gasteiger partial charge in [0, 0.05) is 6.54 Å². The molecule has 0 aliphatic rings. The number of carboxylic acids is 1. The number of nitrogens with one attached hydrogen (secondary N) is 1. The van der Waals surface area contributed by atoms with Gasteiger partial charge in [0.2, 0.25) is 0 Å². The van der Waals surface area contributed by atoms with Gasteiger partial charge in [0.05, 0.1) is 7.11 Å². The highest BCUT2D eigenvalue weighted by Gasteiger charge is 2.19. The van der Waals surface area contributed by atoms with Crippen LogP contribution in [0.4, 0.5) is 0 Å². The number of phenolic OH excluding ortho intramolecular Hbond substituents is 1. The van der Waals surface area contributed by atoms with E-state index in [2.05, 4.69) is 11.9 Å². The third-order valence-corrected chi connectivity index (χ3v) is 2.25. The van der Waals surface area contributed by atoms with Gasteiger partial charge < -0.3 is 14.9 Å². The predicted octanol–water partition coefficient (Wildman–Crippen LogP) is 1.30. The van der Waals surface area contributed by atoms with E-state index in [-0.39, 0.29) is 5.75 Å². The van der Waals surface area contributed by atoms with Gasteiger partial charge in [-0.1, -0.05) is 12.1 Å². The maximum Gasteiger partial charge on any atom is 0.325 e. The minimum absolute atomic E-state index is 0.0864. The number of aliphatic carboxylic acids is 1. The van der Waals surface area contributed by atoms with Crippen LogP contribution in [0.5, 0.6) is 11.5 Å². The predicted molar refractivity (Wildman–Crippen MR) is 63.2 cm³/mol. The van der Waals surface area contributed by atoms with Crippen molar-refractivity contribution in [2.45, 2.75) is 6.04 Å². The van der Waals surface area contributed by atoms with E-state index in [0.29, 0.717) is 17.9 Å². The zero-order valence-electron chi connectivity index (χ0n) is 9.51. The summed E-state index contributed by atoms with van der Waals surface area (Å²) in [5.41, 5.74) is 0.456. The molecule has 5 nitrogen and oxygen atoms in total. The summed E-state index contributed by atoms with van der Waals surface area (Å²) in [7, 11) is 1.43. The first-order valence-electron chi connectivity index (χ1n) is 5.04. The van der Waals surface area contributed by atoms with Crippen molar-refractivity contribution in [2.75, 3.05) is 13.7 Å². The summed E-state index contributed by atoms with van der Waals surface area (Å²) in [6, 6.07) is 3.60. The zero-order chi connectivity index (χ0) is 12.8. The lowest BCUT2D eigenvalue weighted by molar-refractivity contribution is -0.139. The van der Waals surface area contributed by atoms with E-state index in [1.54, 1.807) is 12.1 Å². The molecule has 1 unspecified atom stereocenters. The number of hydrogen-bond donors (Lipinski definition) is 3. The Morgan fingerprint density at radius 3 is 2.82 bits per heavy atom. The molecule has 0 fully saturated rings. The largest absolute Gasteiger partial charge is 0.504 e. The van der Waals surface area contributed by atoms with E-state index in [0.717, 1.165) is 0 Å². The van der Waals surface area contributed by atoms with Crippen molar-refractivity contribution >= 4 is 5.97 Å². The van der Waals surface area contributed by atoms with Gasteiger partial charge in [0.15, 0.2) is 11.5 Å².